The van der Waals surface area contributed by atoms with Crippen molar-refractivity contribution in [2.75, 3.05) is 7.11 Å². The van der Waals surface area contributed by atoms with E-state index in [2.05, 4.69) is 10.1 Å². The third-order valence-electron chi connectivity index (χ3n) is 2.50. The van der Waals surface area contributed by atoms with Crippen molar-refractivity contribution >= 4 is 29.9 Å². The molecule has 1 aromatic rings. The van der Waals surface area contributed by atoms with Crippen LogP contribution in [-0.2, 0) is 23.9 Å². The van der Waals surface area contributed by atoms with Crippen molar-refractivity contribution in [3.63, 3.8) is 0 Å². The molecule has 0 fully saturated rings. The topological polar surface area (TPSA) is 108 Å². The highest BCUT2D eigenvalue weighted by Gasteiger charge is 2.14. The summed E-state index contributed by atoms with van der Waals surface area (Å²) in [5.74, 6) is -2.35. The number of carbonyl (C=O) groups excluding carboxylic acids is 4. The number of ether oxygens (including phenoxy) is 3. The quantitative estimate of drug-likeness (QED) is 0.489. The molecule has 1 aromatic carbocycles. The van der Waals surface area contributed by atoms with Crippen molar-refractivity contribution < 1.29 is 33.4 Å². The Morgan fingerprint density at radius 1 is 0.958 bits per heavy atom. The van der Waals surface area contributed by atoms with Crippen molar-refractivity contribution in [2.24, 2.45) is 0 Å². The molecule has 0 saturated carbocycles. The molecule has 128 valence electrons. The molecule has 1 N–H and O–H groups in total. The first kappa shape index (κ1) is 18.9. The minimum Gasteiger partial charge on any atom is -0.464 e. The molecule has 0 saturated heterocycles. The first-order valence-electron chi connectivity index (χ1n) is 6.81. The zero-order valence-electron chi connectivity index (χ0n) is 13.7. The molecule has 0 unspecified atom stereocenters. The normalized spacial score (nSPS) is 10.6. The Balaban J connectivity index is 3.28. The van der Waals surface area contributed by atoms with Gasteiger partial charge in [0, 0.05) is 20.8 Å². The van der Waals surface area contributed by atoms with Crippen LogP contribution in [0.5, 0.6) is 11.5 Å². The minimum atomic E-state index is -0.747. The van der Waals surface area contributed by atoms with Crippen LogP contribution < -0.4 is 14.8 Å². The molecule has 1 rings (SSSR count). The van der Waals surface area contributed by atoms with Gasteiger partial charge in [-0.1, -0.05) is 6.07 Å². The Hall–Kier alpha value is -3.16. The van der Waals surface area contributed by atoms with Gasteiger partial charge in [0.2, 0.25) is 5.91 Å². The second kappa shape index (κ2) is 8.47. The van der Waals surface area contributed by atoms with Gasteiger partial charge in [0.1, 0.15) is 5.70 Å². The number of rotatable bonds is 5. The number of hydrogen-bond donors (Lipinski definition) is 1. The highest BCUT2D eigenvalue weighted by atomic mass is 16.6. The summed E-state index contributed by atoms with van der Waals surface area (Å²) in [7, 11) is 1.17. The van der Waals surface area contributed by atoms with Gasteiger partial charge in [0.05, 0.1) is 7.11 Å². The molecule has 24 heavy (non-hydrogen) atoms. The molecular weight excluding hydrogens is 318 g/mol. The fourth-order valence-electron chi connectivity index (χ4n) is 1.70. The lowest BCUT2D eigenvalue weighted by Crippen LogP contribution is -2.25. The van der Waals surface area contributed by atoms with E-state index < -0.39 is 23.8 Å². The predicted molar refractivity (Wildman–Crippen MR) is 82.9 cm³/mol. The minimum absolute atomic E-state index is 0.00140. The van der Waals surface area contributed by atoms with Crippen molar-refractivity contribution in [1.82, 2.24) is 5.32 Å². The van der Waals surface area contributed by atoms with Crippen LogP contribution in [0.25, 0.3) is 6.08 Å². The summed E-state index contributed by atoms with van der Waals surface area (Å²) < 4.78 is 14.5. The third kappa shape index (κ3) is 5.91. The lowest BCUT2D eigenvalue weighted by Gasteiger charge is -2.10. The molecule has 0 aromatic heterocycles. The molecule has 8 heteroatoms. The molecule has 1 amide bonds. The zero-order valence-corrected chi connectivity index (χ0v) is 13.7. The van der Waals surface area contributed by atoms with E-state index in [-0.39, 0.29) is 17.2 Å². The van der Waals surface area contributed by atoms with Gasteiger partial charge in [-0.15, -0.1) is 0 Å². The Labute approximate surface area is 138 Å². The maximum absolute atomic E-state index is 11.7. The highest BCUT2D eigenvalue weighted by molar-refractivity contribution is 5.97. The van der Waals surface area contributed by atoms with E-state index in [0.717, 1.165) is 0 Å². The summed E-state index contributed by atoms with van der Waals surface area (Å²) in [4.78, 5) is 45.1. The third-order valence-corrected chi connectivity index (χ3v) is 2.50. The Morgan fingerprint density at radius 2 is 1.54 bits per heavy atom. The summed E-state index contributed by atoms with van der Waals surface area (Å²) in [6.45, 7) is 3.64. The first-order valence-corrected chi connectivity index (χ1v) is 6.81. The average molecular weight is 335 g/mol. The van der Waals surface area contributed by atoms with Crippen LogP contribution in [0.2, 0.25) is 0 Å². The number of methoxy groups -OCH3 is 1. The summed E-state index contributed by atoms with van der Waals surface area (Å²) in [6.07, 6.45) is 1.33. The van der Waals surface area contributed by atoms with Gasteiger partial charge in [-0.25, -0.2) is 4.79 Å². The van der Waals surface area contributed by atoms with Crippen LogP contribution in [-0.4, -0.2) is 30.9 Å². The molecule has 0 aliphatic heterocycles. The number of amides is 1. The first-order chi connectivity index (χ1) is 11.2. The van der Waals surface area contributed by atoms with Gasteiger partial charge in [-0.2, -0.15) is 0 Å². The number of benzene rings is 1. The smallest absolute Gasteiger partial charge is 0.354 e. The van der Waals surface area contributed by atoms with E-state index in [0.29, 0.717) is 5.56 Å². The second-order valence-electron chi connectivity index (χ2n) is 4.62. The fraction of sp³-hybridized carbons (Fsp3) is 0.250. The van der Waals surface area contributed by atoms with Gasteiger partial charge in [0.15, 0.2) is 11.5 Å². The van der Waals surface area contributed by atoms with Gasteiger partial charge >= 0.3 is 17.9 Å². The molecule has 0 atom stereocenters. The molecule has 0 heterocycles. The Kier molecular flexibility index (Phi) is 6.66. The average Bonchev–Trinajstić information content (AvgIpc) is 2.47. The van der Waals surface area contributed by atoms with Crippen LogP contribution >= 0.6 is 0 Å². The van der Waals surface area contributed by atoms with E-state index in [1.54, 1.807) is 0 Å². The van der Waals surface area contributed by atoms with Gasteiger partial charge < -0.3 is 19.5 Å². The maximum atomic E-state index is 11.7. The standard InChI is InChI=1S/C16H17NO7/c1-9(18)17-13(16(21)22-4)7-12-5-6-14(23-10(2)19)15(8-12)24-11(3)20/h5-8H,1-4H3,(H,17,18)/b13-7-. The molecule has 0 aliphatic carbocycles. The van der Waals surface area contributed by atoms with E-state index >= 15 is 0 Å². The lowest BCUT2D eigenvalue weighted by atomic mass is 10.1. The van der Waals surface area contributed by atoms with Crippen molar-refractivity contribution in [3.8, 4) is 11.5 Å². The summed E-state index contributed by atoms with van der Waals surface area (Å²) in [6, 6.07) is 4.29. The molecule has 0 aliphatic rings. The second-order valence-corrected chi connectivity index (χ2v) is 4.62. The van der Waals surface area contributed by atoms with E-state index in [9.17, 15) is 19.2 Å². The van der Waals surface area contributed by atoms with Crippen molar-refractivity contribution in [3.05, 3.63) is 29.5 Å². The maximum Gasteiger partial charge on any atom is 0.354 e. The Bertz CT molecular complexity index is 706. The molecule has 0 spiro atoms. The summed E-state index contributed by atoms with van der Waals surface area (Å²) >= 11 is 0. The molecule has 0 bridgehead atoms. The largest absolute Gasteiger partial charge is 0.464 e. The zero-order chi connectivity index (χ0) is 18.3. The van der Waals surface area contributed by atoms with Crippen LogP contribution in [0.4, 0.5) is 0 Å². The Morgan fingerprint density at radius 3 is 2.04 bits per heavy atom. The van der Waals surface area contributed by atoms with Gasteiger partial charge in [0.25, 0.3) is 0 Å². The summed E-state index contributed by atoms with van der Waals surface area (Å²) in [5.41, 5.74) is 0.315. The van der Waals surface area contributed by atoms with Gasteiger partial charge in [-0.05, 0) is 23.8 Å². The van der Waals surface area contributed by atoms with Crippen molar-refractivity contribution in [2.45, 2.75) is 20.8 Å². The predicted octanol–water partition coefficient (Wildman–Crippen LogP) is 1.19. The van der Waals surface area contributed by atoms with E-state index in [4.69, 9.17) is 9.47 Å². The molecule has 0 radical (unpaired) electrons. The number of carbonyl (C=O) groups is 4. The number of nitrogens with one attached hydrogen (secondary N) is 1. The number of esters is 3. The molecular formula is C16H17NO7. The van der Waals surface area contributed by atoms with Crippen molar-refractivity contribution in [1.29, 1.82) is 0 Å². The fourth-order valence-corrected chi connectivity index (χ4v) is 1.70. The van der Waals surface area contributed by atoms with E-state index in [1.165, 1.54) is 52.2 Å². The highest BCUT2D eigenvalue weighted by Crippen LogP contribution is 2.29. The molecule has 8 nitrogen and oxygen atoms in total. The van der Waals surface area contributed by atoms with E-state index in [1.807, 2.05) is 0 Å². The van der Waals surface area contributed by atoms with Crippen LogP contribution in [0.15, 0.2) is 23.9 Å². The lowest BCUT2D eigenvalue weighted by molar-refractivity contribution is -0.137. The monoisotopic (exact) mass is 335 g/mol. The van der Waals surface area contributed by atoms with Gasteiger partial charge in [-0.3, -0.25) is 14.4 Å². The number of hydrogen-bond acceptors (Lipinski definition) is 7. The SMILES string of the molecule is COC(=O)/C(=C/c1ccc(OC(C)=O)c(OC(C)=O)c1)NC(C)=O. The van der Waals surface area contributed by atoms with Crippen LogP contribution in [0.1, 0.15) is 26.3 Å². The van der Waals surface area contributed by atoms with Crippen LogP contribution in [0, 0.1) is 0 Å². The van der Waals surface area contributed by atoms with Crippen LogP contribution in [0.3, 0.4) is 0 Å². The summed E-state index contributed by atoms with van der Waals surface area (Å²) in [5, 5.41) is 2.34.